The van der Waals surface area contributed by atoms with E-state index in [1.807, 2.05) is 6.92 Å². The molecule has 1 heterocycles. The van der Waals surface area contributed by atoms with E-state index in [9.17, 15) is 13.2 Å². The molecule has 1 aromatic rings. The first-order valence-corrected chi connectivity index (χ1v) is 9.37. The van der Waals surface area contributed by atoms with Crippen LogP contribution in [0.3, 0.4) is 0 Å². The van der Waals surface area contributed by atoms with Crippen molar-refractivity contribution < 1.29 is 17.9 Å². The highest BCUT2D eigenvalue weighted by Crippen LogP contribution is 2.18. The maximum Gasteiger partial charge on any atom is 0.244 e. The van der Waals surface area contributed by atoms with Gasteiger partial charge in [-0.05, 0) is 45.9 Å². The molecule has 1 fully saturated rings. The Balaban J connectivity index is 2.14. The zero-order valence-corrected chi connectivity index (χ0v) is 15.2. The van der Waals surface area contributed by atoms with Crippen molar-refractivity contribution in [2.45, 2.75) is 50.3 Å². The summed E-state index contributed by atoms with van der Waals surface area (Å²) in [5.74, 6) is -0.250. The van der Waals surface area contributed by atoms with E-state index in [1.54, 1.807) is 32.9 Å². The van der Waals surface area contributed by atoms with Gasteiger partial charge in [-0.15, -0.1) is 0 Å². The van der Waals surface area contributed by atoms with Crippen LogP contribution >= 0.6 is 0 Å². The van der Waals surface area contributed by atoms with Gasteiger partial charge in [0, 0.05) is 17.8 Å². The minimum Gasteiger partial charge on any atom is -0.375 e. The van der Waals surface area contributed by atoms with E-state index in [4.69, 9.17) is 4.74 Å². The summed E-state index contributed by atoms with van der Waals surface area (Å²) in [7, 11) is -3.65. The first-order valence-electron chi connectivity index (χ1n) is 7.88. The maximum atomic E-state index is 12.4. The standard InChI is InChI=1S/C16H25N3O4S/c1-11-14(17-8-9-23-11)15(20)18-12-6-5-7-13(10-12)24(21,22)19-16(2,3)4/h5-7,10-11,14,17,19H,8-9H2,1-4H3,(H,18,20)/t11-,14+/m1/s1. The first-order chi connectivity index (χ1) is 11.1. The molecule has 1 aromatic carbocycles. The molecule has 0 radical (unpaired) electrons. The lowest BCUT2D eigenvalue weighted by molar-refractivity contribution is -0.123. The summed E-state index contributed by atoms with van der Waals surface area (Å²) in [4.78, 5) is 12.5. The fourth-order valence-electron chi connectivity index (χ4n) is 2.45. The number of carbonyl (C=O) groups is 1. The average molecular weight is 355 g/mol. The van der Waals surface area contributed by atoms with Crippen LogP contribution in [0, 0.1) is 0 Å². The molecule has 134 valence electrons. The second-order valence-electron chi connectivity index (χ2n) is 6.88. The van der Waals surface area contributed by atoms with Crippen molar-refractivity contribution in [2.75, 3.05) is 18.5 Å². The van der Waals surface area contributed by atoms with E-state index in [0.717, 1.165) is 0 Å². The molecule has 0 saturated carbocycles. The molecule has 0 aliphatic carbocycles. The van der Waals surface area contributed by atoms with Gasteiger partial charge in [0.25, 0.3) is 0 Å². The van der Waals surface area contributed by atoms with Crippen LogP contribution in [0.25, 0.3) is 0 Å². The van der Waals surface area contributed by atoms with Gasteiger partial charge in [-0.2, -0.15) is 0 Å². The summed E-state index contributed by atoms with van der Waals surface area (Å²) in [6.07, 6.45) is -0.242. The summed E-state index contributed by atoms with van der Waals surface area (Å²) in [5, 5.41) is 5.84. The third-order valence-electron chi connectivity index (χ3n) is 3.45. The lowest BCUT2D eigenvalue weighted by Crippen LogP contribution is -2.53. The Morgan fingerprint density at radius 1 is 1.33 bits per heavy atom. The Morgan fingerprint density at radius 3 is 2.67 bits per heavy atom. The van der Waals surface area contributed by atoms with Crippen molar-refractivity contribution in [3.63, 3.8) is 0 Å². The molecular formula is C16H25N3O4S. The molecule has 0 bridgehead atoms. The van der Waals surface area contributed by atoms with Crippen molar-refractivity contribution in [1.29, 1.82) is 0 Å². The summed E-state index contributed by atoms with van der Waals surface area (Å²) in [5.41, 5.74) is -0.159. The van der Waals surface area contributed by atoms with Crippen molar-refractivity contribution in [1.82, 2.24) is 10.0 Å². The molecule has 1 saturated heterocycles. The minimum absolute atomic E-state index is 0.108. The SMILES string of the molecule is C[C@H]1OCCN[C@@H]1C(=O)Nc1cccc(S(=O)(=O)NC(C)(C)C)c1. The highest BCUT2D eigenvalue weighted by Gasteiger charge is 2.28. The molecule has 3 N–H and O–H groups in total. The van der Waals surface area contributed by atoms with E-state index in [-0.39, 0.29) is 16.9 Å². The number of benzene rings is 1. The van der Waals surface area contributed by atoms with Gasteiger partial charge in [-0.3, -0.25) is 4.79 Å². The normalized spacial score (nSPS) is 22.2. The van der Waals surface area contributed by atoms with Crippen molar-refractivity contribution in [3.8, 4) is 0 Å². The molecule has 0 aromatic heterocycles. The zero-order valence-electron chi connectivity index (χ0n) is 14.4. The van der Waals surface area contributed by atoms with Crippen LogP contribution in [-0.4, -0.2) is 45.2 Å². The predicted octanol–water partition coefficient (Wildman–Crippen LogP) is 1.08. The summed E-state index contributed by atoms with van der Waals surface area (Å²) in [6, 6.07) is 5.73. The topological polar surface area (TPSA) is 96.5 Å². The van der Waals surface area contributed by atoms with Gasteiger partial charge in [0.05, 0.1) is 17.6 Å². The van der Waals surface area contributed by atoms with Crippen LogP contribution in [0.4, 0.5) is 5.69 Å². The van der Waals surface area contributed by atoms with E-state index in [1.165, 1.54) is 12.1 Å². The molecule has 0 unspecified atom stereocenters. The van der Waals surface area contributed by atoms with Crippen LogP contribution in [0.5, 0.6) is 0 Å². The lowest BCUT2D eigenvalue weighted by Gasteiger charge is -2.29. The van der Waals surface area contributed by atoms with Crippen LogP contribution in [0.15, 0.2) is 29.2 Å². The largest absolute Gasteiger partial charge is 0.375 e. The van der Waals surface area contributed by atoms with Gasteiger partial charge in [0.1, 0.15) is 6.04 Å². The Morgan fingerprint density at radius 2 is 2.04 bits per heavy atom. The molecule has 7 nitrogen and oxygen atoms in total. The Hall–Kier alpha value is -1.48. The zero-order chi connectivity index (χ0) is 18.0. The third-order valence-corrected chi connectivity index (χ3v) is 5.21. The Kier molecular flexibility index (Phi) is 5.64. The Labute approximate surface area is 143 Å². The van der Waals surface area contributed by atoms with Crippen LogP contribution in [-0.2, 0) is 19.6 Å². The molecular weight excluding hydrogens is 330 g/mol. The van der Waals surface area contributed by atoms with Crippen molar-refractivity contribution >= 4 is 21.6 Å². The van der Waals surface area contributed by atoms with Gasteiger partial charge < -0.3 is 15.4 Å². The van der Waals surface area contributed by atoms with Crippen molar-refractivity contribution in [2.24, 2.45) is 0 Å². The number of sulfonamides is 1. The highest BCUT2D eigenvalue weighted by atomic mass is 32.2. The van der Waals surface area contributed by atoms with Gasteiger partial charge in [-0.1, -0.05) is 6.07 Å². The Bertz CT molecular complexity index is 698. The summed E-state index contributed by atoms with van der Waals surface area (Å²) in [6.45, 7) is 8.30. The van der Waals surface area contributed by atoms with Gasteiger partial charge >= 0.3 is 0 Å². The van der Waals surface area contributed by atoms with E-state index >= 15 is 0 Å². The summed E-state index contributed by atoms with van der Waals surface area (Å²) < 4.78 is 32.8. The lowest BCUT2D eigenvalue weighted by atomic mass is 10.1. The molecule has 1 aliphatic heterocycles. The van der Waals surface area contributed by atoms with E-state index < -0.39 is 21.6 Å². The van der Waals surface area contributed by atoms with E-state index in [2.05, 4.69) is 15.4 Å². The number of morpholine rings is 1. The average Bonchev–Trinajstić information content (AvgIpc) is 2.45. The number of carbonyl (C=O) groups excluding carboxylic acids is 1. The molecule has 0 spiro atoms. The van der Waals surface area contributed by atoms with Crippen LogP contribution in [0.2, 0.25) is 0 Å². The van der Waals surface area contributed by atoms with Crippen molar-refractivity contribution in [3.05, 3.63) is 24.3 Å². The second-order valence-corrected chi connectivity index (χ2v) is 8.56. The third kappa shape index (κ3) is 5.01. The number of rotatable bonds is 4. The fourth-order valence-corrected chi connectivity index (χ4v) is 3.91. The second kappa shape index (κ2) is 7.18. The number of hydrogen-bond donors (Lipinski definition) is 3. The monoisotopic (exact) mass is 355 g/mol. The molecule has 2 rings (SSSR count). The molecule has 24 heavy (non-hydrogen) atoms. The molecule has 1 aliphatic rings. The molecule has 1 amide bonds. The fraction of sp³-hybridized carbons (Fsp3) is 0.562. The predicted molar refractivity (Wildman–Crippen MR) is 92.4 cm³/mol. The maximum absolute atomic E-state index is 12.4. The number of anilines is 1. The molecule has 8 heteroatoms. The number of hydrogen-bond acceptors (Lipinski definition) is 5. The highest BCUT2D eigenvalue weighted by molar-refractivity contribution is 7.89. The van der Waals surface area contributed by atoms with Gasteiger partial charge in [0.2, 0.25) is 15.9 Å². The number of amides is 1. The first kappa shape index (κ1) is 18.9. The van der Waals surface area contributed by atoms with E-state index in [0.29, 0.717) is 18.8 Å². The quantitative estimate of drug-likeness (QED) is 0.751. The van der Waals surface area contributed by atoms with Gasteiger partial charge in [-0.25, -0.2) is 13.1 Å². The number of nitrogens with one attached hydrogen (secondary N) is 3. The number of ether oxygens (including phenoxy) is 1. The summed E-state index contributed by atoms with van der Waals surface area (Å²) >= 11 is 0. The minimum atomic E-state index is -3.65. The van der Waals surface area contributed by atoms with Crippen LogP contribution < -0.4 is 15.4 Å². The van der Waals surface area contributed by atoms with Crippen LogP contribution in [0.1, 0.15) is 27.7 Å². The van der Waals surface area contributed by atoms with Gasteiger partial charge in [0.15, 0.2) is 0 Å². The molecule has 2 atom stereocenters. The smallest absolute Gasteiger partial charge is 0.244 e.